The number of carbonyl (C=O) groups is 1. The van der Waals surface area contributed by atoms with E-state index in [-0.39, 0.29) is 5.91 Å². The third kappa shape index (κ3) is 1.98. The van der Waals surface area contributed by atoms with E-state index in [0.29, 0.717) is 17.5 Å². The van der Waals surface area contributed by atoms with Crippen LogP contribution in [0.5, 0.6) is 0 Å². The Hall–Kier alpha value is -1.45. The van der Waals surface area contributed by atoms with Crippen LogP contribution in [-0.2, 0) is 0 Å². The van der Waals surface area contributed by atoms with Crippen LogP contribution in [-0.4, -0.2) is 21.9 Å². The first kappa shape index (κ1) is 8.83. The molecule has 1 N–H and O–H groups in total. The largest absolute Gasteiger partial charge is 0.349 e. The van der Waals surface area contributed by atoms with Gasteiger partial charge in [-0.2, -0.15) is 0 Å². The Balaban J connectivity index is 1.70. The molecule has 3 rings (SSSR count). The first-order valence-corrected chi connectivity index (χ1v) is 5.46. The van der Waals surface area contributed by atoms with E-state index in [1.807, 2.05) is 0 Å². The maximum absolute atomic E-state index is 11.6. The summed E-state index contributed by atoms with van der Waals surface area (Å²) in [6, 6.07) is 0.389. The molecule has 0 bridgehead atoms. The van der Waals surface area contributed by atoms with Gasteiger partial charge in [-0.15, -0.1) is 0 Å². The fourth-order valence-corrected chi connectivity index (χ4v) is 1.50. The molecular weight excluding hydrogens is 190 g/mol. The SMILES string of the molecule is O=C(NC1CC1)c1cnc(C2CC2)nc1. The monoisotopic (exact) mass is 203 g/mol. The molecule has 4 heteroatoms. The van der Waals surface area contributed by atoms with Gasteiger partial charge in [-0.25, -0.2) is 9.97 Å². The predicted molar refractivity (Wildman–Crippen MR) is 54.5 cm³/mol. The molecule has 78 valence electrons. The first-order chi connectivity index (χ1) is 7.33. The highest BCUT2D eigenvalue weighted by Gasteiger charge is 2.27. The second kappa shape index (κ2) is 3.29. The average Bonchev–Trinajstić information content (AvgIpc) is 3.12. The molecule has 0 aromatic carbocycles. The van der Waals surface area contributed by atoms with Crippen LogP contribution in [0.3, 0.4) is 0 Å². The third-order valence-electron chi connectivity index (χ3n) is 2.79. The van der Waals surface area contributed by atoms with Crippen molar-refractivity contribution >= 4 is 5.91 Å². The van der Waals surface area contributed by atoms with Gasteiger partial charge in [0.2, 0.25) is 0 Å². The van der Waals surface area contributed by atoms with Crippen molar-refractivity contribution in [2.75, 3.05) is 0 Å². The Labute approximate surface area is 88.1 Å². The van der Waals surface area contributed by atoms with Gasteiger partial charge in [-0.3, -0.25) is 4.79 Å². The molecule has 2 aliphatic rings. The molecule has 15 heavy (non-hydrogen) atoms. The summed E-state index contributed by atoms with van der Waals surface area (Å²) in [6.07, 6.45) is 7.86. The second-order valence-electron chi connectivity index (χ2n) is 4.35. The summed E-state index contributed by atoms with van der Waals surface area (Å²) in [5.41, 5.74) is 0.575. The van der Waals surface area contributed by atoms with Crippen LogP contribution in [0.1, 0.15) is 47.8 Å². The van der Waals surface area contributed by atoms with Crippen LogP contribution in [0, 0.1) is 0 Å². The highest BCUT2D eigenvalue weighted by molar-refractivity contribution is 5.93. The Morgan fingerprint density at radius 1 is 1.20 bits per heavy atom. The summed E-state index contributed by atoms with van der Waals surface area (Å²) in [6.45, 7) is 0. The first-order valence-electron chi connectivity index (χ1n) is 5.46. The van der Waals surface area contributed by atoms with Gasteiger partial charge in [0.15, 0.2) is 0 Å². The molecule has 0 saturated heterocycles. The van der Waals surface area contributed by atoms with Crippen molar-refractivity contribution in [1.29, 1.82) is 0 Å². The zero-order valence-corrected chi connectivity index (χ0v) is 8.44. The number of aromatic nitrogens is 2. The molecule has 0 radical (unpaired) electrons. The normalized spacial score (nSPS) is 20.0. The lowest BCUT2D eigenvalue weighted by Crippen LogP contribution is -2.25. The lowest BCUT2D eigenvalue weighted by Gasteiger charge is -2.02. The second-order valence-corrected chi connectivity index (χ2v) is 4.35. The maximum atomic E-state index is 11.6. The third-order valence-corrected chi connectivity index (χ3v) is 2.79. The van der Waals surface area contributed by atoms with Gasteiger partial charge >= 0.3 is 0 Å². The molecule has 1 aromatic rings. The van der Waals surface area contributed by atoms with E-state index in [2.05, 4.69) is 15.3 Å². The van der Waals surface area contributed by atoms with Gasteiger partial charge < -0.3 is 5.32 Å². The number of nitrogens with one attached hydrogen (secondary N) is 1. The lowest BCUT2D eigenvalue weighted by atomic mass is 10.3. The van der Waals surface area contributed by atoms with E-state index in [9.17, 15) is 4.79 Å². The molecule has 1 aromatic heterocycles. The van der Waals surface area contributed by atoms with Crippen molar-refractivity contribution < 1.29 is 4.79 Å². The van der Waals surface area contributed by atoms with Crippen LogP contribution in [0.25, 0.3) is 0 Å². The molecule has 0 aliphatic heterocycles. The van der Waals surface area contributed by atoms with Crippen molar-refractivity contribution in [2.24, 2.45) is 0 Å². The predicted octanol–water partition coefficient (Wildman–Crippen LogP) is 1.25. The minimum Gasteiger partial charge on any atom is -0.349 e. The van der Waals surface area contributed by atoms with Crippen molar-refractivity contribution in [2.45, 2.75) is 37.6 Å². The molecule has 0 atom stereocenters. The summed E-state index contributed by atoms with van der Waals surface area (Å²) in [4.78, 5) is 20.0. The highest BCUT2D eigenvalue weighted by Crippen LogP contribution is 2.37. The van der Waals surface area contributed by atoms with Crippen LogP contribution in [0.4, 0.5) is 0 Å². The van der Waals surface area contributed by atoms with Gasteiger partial charge in [-0.05, 0) is 25.7 Å². The molecular formula is C11H13N3O. The zero-order chi connectivity index (χ0) is 10.3. The van der Waals surface area contributed by atoms with Crippen LogP contribution in [0.2, 0.25) is 0 Å². The van der Waals surface area contributed by atoms with E-state index in [1.54, 1.807) is 12.4 Å². The number of nitrogens with zero attached hydrogens (tertiary/aromatic N) is 2. The number of amides is 1. The summed E-state index contributed by atoms with van der Waals surface area (Å²) in [7, 11) is 0. The number of rotatable bonds is 3. The summed E-state index contributed by atoms with van der Waals surface area (Å²) in [5, 5.41) is 2.92. The standard InChI is InChI=1S/C11H13N3O/c15-11(14-9-3-4-9)8-5-12-10(13-6-8)7-1-2-7/h5-7,9H,1-4H2,(H,14,15). The fourth-order valence-electron chi connectivity index (χ4n) is 1.50. The van der Waals surface area contributed by atoms with Crippen molar-refractivity contribution in [3.63, 3.8) is 0 Å². The molecule has 0 spiro atoms. The van der Waals surface area contributed by atoms with Crippen LogP contribution < -0.4 is 5.32 Å². The molecule has 2 fully saturated rings. The summed E-state index contributed by atoms with van der Waals surface area (Å²) < 4.78 is 0. The Bertz CT molecular complexity index is 379. The van der Waals surface area contributed by atoms with Crippen molar-refractivity contribution in [3.05, 3.63) is 23.8 Å². The van der Waals surface area contributed by atoms with Crippen molar-refractivity contribution in [3.8, 4) is 0 Å². The quantitative estimate of drug-likeness (QED) is 0.804. The zero-order valence-electron chi connectivity index (χ0n) is 8.44. The summed E-state index contributed by atoms with van der Waals surface area (Å²) in [5.74, 6) is 1.39. The fraction of sp³-hybridized carbons (Fsp3) is 0.545. The number of hydrogen-bond acceptors (Lipinski definition) is 3. The minimum absolute atomic E-state index is 0.0418. The van der Waals surface area contributed by atoms with Gasteiger partial charge in [0.25, 0.3) is 5.91 Å². The molecule has 1 heterocycles. The molecule has 1 amide bonds. The van der Waals surface area contributed by atoms with E-state index in [4.69, 9.17) is 0 Å². The topological polar surface area (TPSA) is 54.9 Å². The lowest BCUT2D eigenvalue weighted by molar-refractivity contribution is 0.0950. The smallest absolute Gasteiger partial charge is 0.254 e. The van der Waals surface area contributed by atoms with Gasteiger partial charge in [0.05, 0.1) is 5.56 Å². The Kier molecular flexibility index (Phi) is 1.94. The molecule has 2 saturated carbocycles. The van der Waals surface area contributed by atoms with Gasteiger partial charge in [-0.1, -0.05) is 0 Å². The molecule has 0 unspecified atom stereocenters. The van der Waals surface area contributed by atoms with E-state index >= 15 is 0 Å². The van der Waals surface area contributed by atoms with Gasteiger partial charge in [0.1, 0.15) is 5.82 Å². The van der Waals surface area contributed by atoms with Crippen LogP contribution in [0.15, 0.2) is 12.4 Å². The number of hydrogen-bond donors (Lipinski definition) is 1. The summed E-state index contributed by atoms with van der Waals surface area (Å²) >= 11 is 0. The molecule has 2 aliphatic carbocycles. The molecule has 4 nitrogen and oxygen atoms in total. The van der Waals surface area contributed by atoms with Gasteiger partial charge in [0, 0.05) is 24.4 Å². The van der Waals surface area contributed by atoms with E-state index in [0.717, 1.165) is 18.7 Å². The average molecular weight is 203 g/mol. The van der Waals surface area contributed by atoms with Crippen molar-refractivity contribution in [1.82, 2.24) is 15.3 Å². The highest BCUT2D eigenvalue weighted by atomic mass is 16.1. The van der Waals surface area contributed by atoms with E-state index in [1.165, 1.54) is 12.8 Å². The van der Waals surface area contributed by atoms with Crippen LogP contribution >= 0.6 is 0 Å². The van der Waals surface area contributed by atoms with E-state index < -0.39 is 0 Å². The Morgan fingerprint density at radius 2 is 1.87 bits per heavy atom. The number of carbonyl (C=O) groups excluding carboxylic acids is 1. The Morgan fingerprint density at radius 3 is 2.40 bits per heavy atom. The maximum Gasteiger partial charge on any atom is 0.254 e. The minimum atomic E-state index is -0.0418.